The van der Waals surface area contributed by atoms with E-state index in [2.05, 4.69) is 40.7 Å². The Morgan fingerprint density at radius 3 is 2.76 bits per heavy atom. The van der Waals surface area contributed by atoms with Crippen molar-refractivity contribution >= 4 is 39.9 Å². The summed E-state index contributed by atoms with van der Waals surface area (Å²) in [5.41, 5.74) is 6.66. The average molecular weight is 628 g/mol. The van der Waals surface area contributed by atoms with Gasteiger partial charge in [-0.1, -0.05) is 13.8 Å². The van der Waals surface area contributed by atoms with Crippen molar-refractivity contribution in [1.82, 2.24) is 24.0 Å². The van der Waals surface area contributed by atoms with Crippen LogP contribution in [0.2, 0.25) is 0 Å². The Morgan fingerprint density at radius 1 is 1.13 bits per heavy atom. The molecular formula is C33H37N7O4S. The molecule has 7 rings (SSSR count). The van der Waals surface area contributed by atoms with Crippen molar-refractivity contribution in [3.63, 3.8) is 0 Å². The summed E-state index contributed by atoms with van der Waals surface area (Å²) in [5, 5.41) is 3.95. The third-order valence-electron chi connectivity index (χ3n) is 8.99. The third-order valence-corrected chi connectivity index (χ3v) is 9.99. The fourth-order valence-corrected chi connectivity index (χ4v) is 7.95. The lowest BCUT2D eigenvalue weighted by molar-refractivity contribution is -0.142. The Balaban J connectivity index is 1.26. The molecule has 0 atom stereocenters. The number of carbonyl (C=O) groups is 2. The van der Waals surface area contributed by atoms with Gasteiger partial charge in [0.25, 0.3) is 11.5 Å². The second-order valence-electron chi connectivity index (χ2n) is 13.1. The predicted octanol–water partition coefficient (Wildman–Crippen LogP) is 4.29. The molecule has 3 aliphatic rings. The Kier molecular flexibility index (Phi) is 7.16. The molecule has 11 nitrogen and oxygen atoms in total. The smallest absolute Gasteiger partial charge is 0.302 e. The number of esters is 1. The molecule has 1 N–H and O–H groups in total. The third kappa shape index (κ3) is 5.35. The van der Waals surface area contributed by atoms with Crippen LogP contribution >= 0.6 is 11.3 Å². The van der Waals surface area contributed by atoms with Crippen LogP contribution in [0.3, 0.4) is 0 Å². The van der Waals surface area contributed by atoms with Crippen LogP contribution < -0.4 is 15.8 Å². The number of amides is 1. The number of likely N-dealkylation sites (N-methyl/N-ethyl adjacent to an activating group) is 1. The topological polar surface area (TPSA) is 115 Å². The van der Waals surface area contributed by atoms with Gasteiger partial charge in [-0.3, -0.25) is 19.3 Å². The number of anilines is 3. The zero-order valence-corrected chi connectivity index (χ0v) is 27.1. The first-order valence-corrected chi connectivity index (χ1v) is 16.1. The molecule has 0 radical (unpaired) electrons. The number of hydrogen-bond donors (Lipinski definition) is 1. The van der Waals surface area contributed by atoms with E-state index >= 15 is 0 Å². The molecule has 4 aromatic heterocycles. The highest BCUT2D eigenvalue weighted by Crippen LogP contribution is 2.40. The van der Waals surface area contributed by atoms with Gasteiger partial charge in [-0.05, 0) is 54.6 Å². The summed E-state index contributed by atoms with van der Waals surface area (Å²) in [6.07, 6.45) is 6.19. The molecular weight excluding hydrogens is 590 g/mol. The quantitative estimate of drug-likeness (QED) is 0.315. The van der Waals surface area contributed by atoms with E-state index in [1.165, 1.54) is 27.6 Å². The molecule has 12 heteroatoms. The molecule has 0 bridgehead atoms. The van der Waals surface area contributed by atoms with Gasteiger partial charge in [0.15, 0.2) is 5.13 Å². The summed E-state index contributed by atoms with van der Waals surface area (Å²) in [5.74, 6) is -0.106. The molecule has 45 heavy (non-hydrogen) atoms. The monoisotopic (exact) mass is 627 g/mol. The normalized spacial score (nSPS) is 17.2. The maximum atomic E-state index is 14.0. The molecule has 234 valence electrons. The number of carbonyl (C=O) groups excluding carboxylic acids is 2. The van der Waals surface area contributed by atoms with E-state index in [0.29, 0.717) is 41.0 Å². The van der Waals surface area contributed by atoms with E-state index in [0.717, 1.165) is 49.2 Å². The molecule has 4 aromatic rings. The molecule has 2 aliphatic heterocycles. The van der Waals surface area contributed by atoms with Crippen molar-refractivity contribution in [3.8, 4) is 11.1 Å². The average Bonchev–Trinajstić information content (AvgIpc) is 3.63. The number of rotatable bonds is 6. The van der Waals surface area contributed by atoms with Crippen LogP contribution in [0, 0.1) is 5.41 Å². The summed E-state index contributed by atoms with van der Waals surface area (Å²) in [4.78, 5) is 53.8. The number of nitrogens with zero attached hydrogens (tertiary/aromatic N) is 6. The fourth-order valence-electron chi connectivity index (χ4n) is 6.85. The number of fused-ring (bicyclic) bond motifs is 4. The van der Waals surface area contributed by atoms with Gasteiger partial charge < -0.3 is 24.1 Å². The molecule has 0 saturated heterocycles. The Bertz CT molecular complexity index is 1920. The molecule has 1 aliphatic carbocycles. The van der Waals surface area contributed by atoms with E-state index in [1.807, 2.05) is 12.1 Å². The van der Waals surface area contributed by atoms with Crippen molar-refractivity contribution in [1.29, 1.82) is 0 Å². The predicted molar refractivity (Wildman–Crippen MR) is 173 cm³/mol. The number of thiazole rings is 1. The maximum Gasteiger partial charge on any atom is 0.302 e. The first-order chi connectivity index (χ1) is 21.5. The molecule has 0 unspecified atom stereocenters. The Labute approximate surface area is 265 Å². The van der Waals surface area contributed by atoms with Gasteiger partial charge in [0.05, 0.1) is 5.69 Å². The van der Waals surface area contributed by atoms with Crippen molar-refractivity contribution in [3.05, 3.63) is 74.0 Å². The fraction of sp³-hybridized carbons (Fsp3) is 0.424. The van der Waals surface area contributed by atoms with E-state index in [9.17, 15) is 14.4 Å². The molecule has 0 aromatic carbocycles. The maximum absolute atomic E-state index is 14.0. The minimum Gasteiger partial charge on any atom is -0.461 e. The van der Waals surface area contributed by atoms with Crippen LogP contribution in [0.4, 0.5) is 16.6 Å². The number of ether oxygens (including phenoxy) is 1. The molecule has 0 spiro atoms. The zero-order valence-electron chi connectivity index (χ0n) is 26.3. The lowest BCUT2D eigenvalue weighted by atomic mass is 9.90. The summed E-state index contributed by atoms with van der Waals surface area (Å²) < 4.78 is 9.20. The number of aromatic nitrogens is 4. The standard InChI is InChI=1S/C33H37N7O4S/c1-19(41)44-18-23-22(21-12-25(30(42)38(5)16-21)36-32-35-24-7-9-37(4)17-28(24)45-32)6-8-34-29(23)40-11-10-39-26(31(40)43)13-20-14-33(2,3)15-27(20)39/h6,8,12-13,16H,7,9-11,14-15,17-18H2,1-5H3,(H,35,36). The van der Waals surface area contributed by atoms with Crippen LogP contribution in [-0.4, -0.2) is 56.0 Å². The van der Waals surface area contributed by atoms with E-state index in [4.69, 9.17) is 9.72 Å². The molecule has 6 heterocycles. The Hall–Kier alpha value is -4.29. The SMILES string of the molecule is CC(=O)OCc1c(-c2cc(Nc3nc4c(s3)CN(C)CC4)c(=O)n(C)c2)ccnc1N1CCn2c(cc3c2CC(C)(C)C3)C1=O. The van der Waals surface area contributed by atoms with Crippen LogP contribution in [-0.2, 0) is 55.5 Å². The second-order valence-corrected chi connectivity index (χ2v) is 14.2. The van der Waals surface area contributed by atoms with E-state index < -0.39 is 5.97 Å². The summed E-state index contributed by atoms with van der Waals surface area (Å²) in [6, 6.07) is 5.66. The molecule has 0 fully saturated rings. The van der Waals surface area contributed by atoms with Crippen molar-refractivity contribution in [2.24, 2.45) is 12.5 Å². The second kappa shape index (κ2) is 11.0. The van der Waals surface area contributed by atoms with Gasteiger partial charge in [0.2, 0.25) is 0 Å². The summed E-state index contributed by atoms with van der Waals surface area (Å²) in [7, 11) is 3.79. The minimum atomic E-state index is -0.435. The van der Waals surface area contributed by atoms with Gasteiger partial charge in [-0.15, -0.1) is 11.3 Å². The first-order valence-electron chi connectivity index (χ1n) is 15.3. The number of aryl methyl sites for hydroxylation is 1. The zero-order chi connectivity index (χ0) is 31.6. The summed E-state index contributed by atoms with van der Waals surface area (Å²) in [6.45, 7) is 8.71. The van der Waals surface area contributed by atoms with Gasteiger partial charge in [0.1, 0.15) is 23.8 Å². The lowest BCUT2D eigenvalue weighted by Crippen LogP contribution is -2.41. The number of nitrogens with one attached hydrogen (secondary N) is 1. The lowest BCUT2D eigenvalue weighted by Gasteiger charge is -2.31. The largest absolute Gasteiger partial charge is 0.461 e. The van der Waals surface area contributed by atoms with Gasteiger partial charge in [0, 0.05) is 80.7 Å². The van der Waals surface area contributed by atoms with Crippen molar-refractivity contribution < 1.29 is 14.3 Å². The molecule has 1 amide bonds. The van der Waals surface area contributed by atoms with Crippen molar-refractivity contribution in [2.45, 2.75) is 59.7 Å². The van der Waals surface area contributed by atoms with Crippen LogP contribution in [0.15, 0.2) is 35.4 Å². The Morgan fingerprint density at radius 2 is 1.96 bits per heavy atom. The van der Waals surface area contributed by atoms with Crippen LogP contribution in [0.25, 0.3) is 11.1 Å². The van der Waals surface area contributed by atoms with Crippen molar-refractivity contribution in [2.75, 3.05) is 30.4 Å². The highest BCUT2D eigenvalue weighted by atomic mass is 32.1. The number of pyridine rings is 2. The van der Waals surface area contributed by atoms with Crippen LogP contribution in [0.5, 0.6) is 0 Å². The van der Waals surface area contributed by atoms with E-state index in [1.54, 1.807) is 41.7 Å². The molecule has 0 saturated carbocycles. The van der Waals surface area contributed by atoms with Crippen LogP contribution in [0.1, 0.15) is 58.7 Å². The van der Waals surface area contributed by atoms with Gasteiger partial charge >= 0.3 is 5.97 Å². The first kappa shape index (κ1) is 29.4. The highest BCUT2D eigenvalue weighted by molar-refractivity contribution is 7.15. The summed E-state index contributed by atoms with van der Waals surface area (Å²) >= 11 is 1.56. The highest BCUT2D eigenvalue weighted by Gasteiger charge is 2.37. The number of hydrogen-bond acceptors (Lipinski definition) is 9. The van der Waals surface area contributed by atoms with Gasteiger partial charge in [-0.25, -0.2) is 9.97 Å². The van der Waals surface area contributed by atoms with E-state index in [-0.39, 0.29) is 23.5 Å². The minimum absolute atomic E-state index is 0.0678. The van der Waals surface area contributed by atoms with Gasteiger partial charge in [-0.2, -0.15) is 0 Å².